The van der Waals surface area contributed by atoms with Gasteiger partial charge < -0.3 is 10.6 Å². The molecule has 0 fully saturated rings. The van der Waals surface area contributed by atoms with E-state index in [2.05, 4.69) is 50.5 Å². The molecule has 156 valence electrons. The topological polar surface area (TPSA) is 58.2 Å². The van der Waals surface area contributed by atoms with Gasteiger partial charge in [0.25, 0.3) is 0 Å². The first-order valence-electron chi connectivity index (χ1n) is 10.1. The molecule has 0 aliphatic carbocycles. The van der Waals surface area contributed by atoms with Crippen LogP contribution in [0.1, 0.15) is 61.8 Å². The Morgan fingerprint density at radius 1 is 0.862 bits per heavy atom. The van der Waals surface area contributed by atoms with Gasteiger partial charge >= 0.3 is 0 Å². The molecule has 2 aromatic rings. The second-order valence-corrected chi connectivity index (χ2v) is 9.01. The Bertz CT molecular complexity index is 849. The van der Waals surface area contributed by atoms with Gasteiger partial charge in [0.2, 0.25) is 11.8 Å². The average molecular weight is 413 g/mol. The summed E-state index contributed by atoms with van der Waals surface area (Å²) in [6, 6.07) is 12.1. The van der Waals surface area contributed by atoms with E-state index < -0.39 is 0 Å². The van der Waals surface area contributed by atoms with E-state index >= 15 is 0 Å². The number of thioether (sulfide) groups is 1. The van der Waals surface area contributed by atoms with Crippen LogP contribution in [0.2, 0.25) is 0 Å². The van der Waals surface area contributed by atoms with E-state index in [-0.39, 0.29) is 23.3 Å². The van der Waals surface area contributed by atoms with Crippen molar-refractivity contribution in [3.63, 3.8) is 0 Å². The summed E-state index contributed by atoms with van der Waals surface area (Å²) < 4.78 is 0. The van der Waals surface area contributed by atoms with Crippen molar-refractivity contribution in [2.45, 2.75) is 53.4 Å². The van der Waals surface area contributed by atoms with Crippen LogP contribution in [0.5, 0.6) is 0 Å². The number of para-hydroxylation sites is 1. The zero-order valence-electron chi connectivity index (χ0n) is 18.3. The van der Waals surface area contributed by atoms with Crippen LogP contribution in [0.4, 0.5) is 11.4 Å². The first-order chi connectivity index (χ1) is 13.7. The molecule has 2 N–H and O–H groups in total. The number of amides is 2. The van der Waals surface area contributed by atoms with Crippen molar-refractivity contribution in [1.29, 1.82) is 0 Å². The fourth-order valence-corrected chi connectivity index (χ4v) is 3.86. The maximum atomic E-state index is 12.5. The average Bonchev–Trinajstić information content (AvgIpc) is 2.63. The SMILES string of the molecule is Cc1ccc(NC(=O)CSCC(=O)Nc2c(C(C)C)cccc2C(C)C)c(C)c1. The minimum atomic E-state index is -0.0970. The fourth-order valence-electron chi connectivity index (χ4n) is 3.25. The van der Waals surface area contributed by atoms with Gasteiger partial charge in [-0.25, -0.2) is 0 Å². The molecule has 29 heavy (non-hydrogen) atoms. The van der Waals surface area contributed by atoms with Gasteiger partial charge in [0.1, 0.15) is 0 Å². The van der Waals surface area contributed by atoms with Crippen LogP contribution in [-0.2, 0) is 9.59 Å². The van der Waals surface area contributed by atoms with Gasteiger partial charge in [0.15, 0.2) is 0 Å². The molecule has 2 rings (SSSR count). The highest BCUT2D eigenvalue weighted by Gasteiger charge is 2.16. The van der Waals surface area contributed by atoms with E-state index in [0.717, 1.165) is 33.6 Å². The molecule has 0 radical (unpaired) electrons. The zero-order valence-corrected chi connectivity index (χ0v) is 19.1. The van der Waals surface area contributed by atoms with E-state index in [0.29, 0.717) is 11.8 Å². The van der Waals surface area contributed by atoms with Crippen LogP contribution in [-0.4, -0.2) is 23.3 Å². The van der Waals surface area contributed by atoms with Crippen LogP contribution in [0.3, 0.4) is 0 Å². The van der Waals surface area contributed by atoms with E-state index in [9.17, 15) is 9.59 Å². The van der Waals surface area contributed by atoms with Gasteiger partial charge in [-0.05, 0) is 48.4 Å². The fraction of sp³-hybridized carbons (Fsp3) is 0.417. The number of nitrogens with one attached hydrogen (secondary N) is 2. The Morgan fingerprint density at radius 2 is 1.41 bits per heavy atom. The molecule has 2 amide bonds. The van der Waals surface area contributed by atoms with E-state index in [1.165, 1.54) is 11.8 Å². The highest BCUT2D eigenvalue weighted by molar-refractivity contribution is 8.00. The third-order valence-corrected chi connectivity index (χ3v) is 5.69. The summed E-state index contributed by atoms with van der Waals surface area (Å²) in [6.45, 7) is 12.5. The molecule has 0 aromatic heterocycles. The quantitative estimate of drug-likeness (QED) is 0.571. The summed E-state index contributed by atoms with van der Waals surface area (Å²) in [5.41, 5.74) is 6.21. The van der Waals surface area contributed by atoms with E-state index in [4.69, 9.17) is 0 Å². The second-order valence-electron chi connectivity index (χ2n) is 8.03. The van der Waals surface area contributed by atoms with Crippen molar-refractivity contribution in [1.82, 2.24) is 0 Å². The lowest BCUT2D eigenvalue weighted by Gasteiger charge is -2.20. The Labute approximate surface area is 178 Å². The molecule has 0 saturated carbocycles. The number of carbonyl (C=O) groups is 2. The minimum Gasteiger partial charge on any atom is -0.325 e. The van der Waals surface area contributed by atoms with Gasteiger partial charge in [-0.3, -0.25) is 9.59 Å². The Balaban J connectivity index is 1.93. The summed E-state index contributed by atoms with van der Waals surface area (Å²) in [5.74, 6) is 0.943. The molecule has 0 aliphatic heterocycles. The lowest BCUT2D eigenvalue weighted by Crippen LogP contribution is -2.20. The van der Waals surface area contributed by atoms with Crippen LogP contribution in [0.25, 0.3) is 0 Å². The molecular weight excluding hydrogens is 380 g/mol. The van der Waals surface area contributed by atoms with Crippen LogP contribution < -0.4 is 10.6 Å². The first kappa shape index (κ1) is 23.0. The predicted molar refractivity (Wildman–Crippen MR) is 125 cm³/mol. The highest BCUT2D eigenvalue weighted by atomic mass is 32.2. The third kappa shape index (κ3) is 6.64. The normalized spacial score (nSPS) is 11.0. The number of anilines is 2. The third-order valence-electron chi connectivity index (χ3n) is 4.76. The monoisotopic (exact) mass is 412 g/mol. The van der Waals surface area contributed by atoms with Crippen LogP contribution in [0.15, 0.2) is 36.4 Å². The number of aryl methyl sites for hydroxylation is 2. The van der Waals surface area contributed by atoms with Gasteiger partial charge in [-0.2, -0.15) is 0 Å². The number of benzene rings is 2. The molecular formula is C24H32N2O2S. The van der Waals surface area contributed by atoms with Crippen LogP contribution in [0, 0.1) is 13.8 Å². The van der Waals surface area contributed by atoms with Crippen molar-refractivity contribution in [2.75, 3.05) is 22.1 Å². The summed E-state index contributed by atoms with van der Waals surface area (Å²) in [4.78, 5) is 24.7. The maximum Gasteiger partial charge on any atom is 0.234 e. The Kier molecular flexibility index (Phi) is 8.32. The predicted octanol–water partition coefficient (Wildman–Crippen LogP) is 5.86. The maximum absolute atomic E-state index is 12.5. The smallest absolute Gasteiger partial charge is 0.234 e. The number of rotatable bonds is 8. The van der Waals surface area contributed by atoms with Crippen molar-refractivity contribution >= 4 is 35.0 Å². The van der Waals surface area contributed by atoms with Crippen molar-refractivity contribution in [2.24, 2.45) is 0 Å². The summed E-state index contributed by atoms with van der Waals surface area (Å²) in [5, 5.41) is 6.01. The summed E-state index contributed by atoms with van der Waals surface area (Å²) in [6.07, 6.45) is 0. The highest BCUT2D eigenvalue weighted by Crippen LogP contribution is 2.32. The lowest BCUT2D eigenvalue weighted by molar-refractivity contribution is -0.114. The molecule has 0 unspecified atom stereocenters. The van der Waals surface area contributed by atoms with Gasteiger partial charge in [-0.15, -0.1) is 11.8 Å². The van der Waals surface area contributed by atoms with Gasteiger partial charge in [0.05, 0.1) is 11.5 Å². The van der Waals surface area contributed by atoms with E-state index in [1.807, 2.05) is 38.1 Å². The minimum absolute atomic E-state index is 0.0793. The van der Waals surface area contributed by atoms with Crippen molar-refractivity contribution < 1.29 is 9.59 Å². The molecule has 5 heteroatoms. The Morgan fingerprint density at radius 3 is 1.93 bits per heavy atom. The number of carbonyl (C=O) groups excluding carboxylic acids is 2. The Hall–Kier alpha value is -2.27. The lowest BCUT2D eigenvalue weighted by atomic mass is 9.92. The standard InChI is InChI=1S/C24H32N2O2S/c1-15(2)19-8-7-9-20(16(3)4)24(19)26-23(28)14-29-13-22(27)25-21-11-10-17(5)12-18(21)6/h7-12,15-16H,13-14H2,1-6H3,(H,25,27)(H,26,28). The number of hydrogen-bond donors (Lipinski definition) is 2. The molecule has 0 heterocycles. The molecule has 0 aliphatic rings. The molecule has 0 bridgehead atoms. The summed E-state index contributed by atoms with van der Waals surface area (Å²) in [7, 11) is 0. The molecule has 0 atom stereocenters. The number of hydrogen-bond acceptors (Lipinski definition) is 3. The molecule has 4 nitrogen and oxygen atoms in total. The van der Waals surface area contributed by atoms with Gasteiger partial charge in [-0.1, -0.05) is 63.6 Å². The molecule has 2 aromatic carbocycles. The van der Waals surface area contributed by atoms with Gasteiger partial charge in [0, 0.05) is 11.4 Å². The zero-order chi connectivity index (χ0) is 21.6. The molecule has 0 saturated heterocycles. The second kappa shape index (κ2) is 10.5. The largest absolute Gasteiger partial charge is 0.325 e. The first-order valence-corrected chi connectivity index (χ1v) is 11.2. The van der Waals surface area contributed by atoms with E-state index in [1.54, 1.807) is 0 Å². The van der Waals surface area contributed by atoms with Crippen molar-refractivity contribution in [3.05, 3.63) is 58.7 Å². The molecule has 0 spiro atoms. The van der Waals surface area contributed by atoms with Crippen LogP contribution >= 0.6 is 11.8 Å². The van der Waals surface area contributed by atoms with Crippen molar-refractivity contribution in [3.8, 4) is 0 Å². The summed E-state index contributed by atoms with van der Waals surface area (Å²) >= 11 is 1.32.